The molecule has 0 amide bonds. The molecule has 0 saturated carbocycles. The lowest BCUT2D eigenvalue weighted by Gasteiger charge is -2.30. The Bertz CT molecular complexity index is 2080. The zero-order valence-electron chi connectivity index (χ0n) is 23.1. The van der Waals surface area contributed by atoms with Crippen LogP contribution < -0.4 is 0 Å². The third kappa shape index (κ3) is 3.35. The summed E-state index contributed by atoms with van der Waals surface area (Å²) in [5, 5.41) is 0. The van der Waals surface area contributed by atoms with E-state index in [0.717, 1.165) is 16.7 Å². The average molecular weight is 546 g/mol. The van der Waals surface area contributed by atoms with E-state index in [1.807, 2.05) is 48.5 Å². The van der Waals surface area contributed by atoms with Crippen LogP contribution in [0.1, 0.15) is 22.3 Å². The van der Waals surface area contributed by atoms with Crippen molar-refractivity contribution >= 4 is 0 Å². The zero-order valence-corrected chi connectivity index (χ0v) is 23.1. The topological polar surface area (TPSA) is 38.7 Å². The molecule has 2 aliphatic carbocycles. The summed E-state index contributed by atoms with van der Waals surface area (Å²) in [5.74, 6) is 1.90. The maximum atomic E-state index is 5.00. The highest BCUT2D eigenvalue weighted by Crippen LogP contribution is 2.62. The minimum atomic E-state index is -0.368. The first kappa shape index (κ1) is 23.8. The summed E-state index contributed by atoms with van der Waals surface area (Å²) < 4.78 is 0. The van der Waals surface area contributed by atoms with Gasteiger partial charge in [0.05, 0.1) is 5.41 Å². The van der Waals surface area contributed by atoms with Crippen LogP contribution in [0, 0.1) is 12.1 Å². The molecule has 0 N–H and O–H groups in total. The van der Waals surface area contributed by atoms with Crippen LogP contribution in [0.15, 0.2) is 140 Å². The molecule has 0 unspecified atom stereocenters. The van der Waals surface area contributed by atoms with E-state index < -0.39 is 0 Å². The Balaban J connectivity index is 1.30. The Morgan fingerprint density at radius 1 is 0.395 bits per heavy atom. The molecular formula is C40H23N3. The molecule has 7 aromatic rings. The van der Waals surface area contributed by atoms with Crippen molar-refractivity contribution in [2.75, 3.05) is 0 Å². The van der Waals surface area contributed by atoms with Crippen molar-refractivity contribution < 1.29 is 0 Å². The molecule has 6 aromatic carbocycles. The molecule has 1 heterocycles. The SMILES string of the molecule is c1ccc(-c2nc(-c3ccccc3)nc(-c3ccc4c(c3)-c3ccccc3C43c4ccccc4-c4ccccc43)n2)cc#1. The van der Waals surface area contributed by atoms with E-state index >= 15 is 0 Å². The summed E-state index contributed by atoms with van der Waals surface area (Å²) in [6.07, 6.45) is 0. The van der Waals surface area contributed by atoms with Crippen LogP contribution in [-0.4, -0.2) is 15.0 Å². The zero-order chi connectivity index (χ0) is 28.4. The quantitative estimate of drug-likeness (QED) is 0.223. The minimum absolute atomic E-state index is 0.368. The molecule has 0 fully saturated rings. The minimum Gasteiger partial charge on any atom is -0.208 e. The lowest BCUT2D eigenvalue weighted by atomic mass is 9.70. The molecule has 0 bridgehead atoms. The lowest BCUT2D eigenvalue weighted by Crippen LogP contribution is -2.25. The molecule has 1 aromatic heterocycles. The van der Waals surface area contributed by atoms with Gasteiger partial charge in [0.25, 0.3) is 0 Å². The largest absolute Gasteiger partial charge is 0.208 e. The van der Waals surface area contributed by atoms with E-state index in [9.17, 15) is 0 Å². The predicted octanol–water partition coefficient (Wildman–Crippen LogP) is 8.82. The van der Waals surface area contributed by atoms with Crippen LogP contribution in [0.25, 0.3) is 56.4 Å². The van der Waals surface area contributed by atoms with Crippen LogP contribution in [0.2, 0.25) is 0 Å². The number of aromatic nitrogens is 3. The highest BCUT2D eigenvalue weighted by atomic mass is 15.0. The molecule has 0 saturated heterocycles. The first-order valence-electron chi connectivity index (χ1n) is 14.5. The summed E-state index contributed by atoms with van der Waals surface area (Å²) in [6.45, 7) is 0. The van der Waals surface area contributed by atoms with E-state index in [-0.39, 0.29) is 5.41 Å². The van der Waals surface area contributed by atoms with Gasteiger partial charge in [0, 0.05) is 16.7 Å². The molecule has 1 spiro atoms. The Labute approximate surface area is 250 Å². The van der Waals surface area contributed by atoms with Crippen LogP contribution in [0.5, 0.6) is 0 Å². The van der Waals surface area contributed by atoms with Gasteiger partial charge in [0.2, 0.25) is 0 Å². The summed E-state index contributed by atoms with van der Waals surface area (Å²) in [6, 6.07) is 55.1. The molecule has 0 radical (unpaired) electrons. The van der Waals surface area contributed by atoms with Gasteiger partial charge in [-0.2, -0.15) is 0 Å². The molecular weight excluding hydrogens is 522 g/mol. The first-order chi connectivity index (χ1) is 21.3. The van der Waals surface area contributed by atoms with Crippen LogP contribution in [0.3, 0.4) is 0 Å². The first-order valence-corrected chi connectivity index (χ1v) is 14.5. The highest BCUT2D eigenvalue weighted by molar-refractivity contribution is 5.95. The second-order valence-corrected chi connectivity index (χ2v) is 11.0. The number of fused-ring (bicyclic) bond motifs is 10. The molecule has 9 rings (SSSR count). The Morgan fingerprint density at radius 3 is 1.51 bits per heavy atom. The Kier molecular flexibility index (Phi) is 5.03. The van der Waals surface area contributed by atoms with Crippen molar-refractivity contribution in [3.63, 3.8) is 0 Å². The van der Waals surface area contributed by atoms with E-state index in [1.165, 1.54) is 44.5 Å². The third-order valence-electron chi connectivity index (χ3n) is 8.84. The van der Waals surface area contributed by atoms with Gasteiger partial charge in [-0.15, -0.1) is 0 Å². The number of hydrogen-bond donors (Lipinski definition) is 0. The fourth-order valence-corrected chi connectivity index (χ4v) is 7.08. The van der Waals surface area contributed by atoms with E-state index in [4.69, 9.17) is 15.0 Å². The van der Waals surface area contributed by atoms with Gasteiger partial charge in [-0.1, -0.05) is 127 Å². The molecule has 43 heavy (non-hydrogen) atoms. The van der Waals surface area contributed by atoms with Gasteiger partial charge in [0.1, 0.15) is 0 Å². The molecule has 3 heteroatoms. The van der Waals surface area contributed by atoms with Crippen molar-refractivity contribution in [1.82, 2.24) is 15.0 Å². The van der Waals surface area contributed by atoms with Gasteiger partial charge in [-0.25, -0.2) is 15.0 Å². The van der Waals surface area contributed by atoms with Gasteiger partial charge in [0.15, 0.2) is 17.5 Å². The van der Waals surface area contributed by atoms with E-state index in [1.54, 1.807) is 0 Å². The van der Waals surface area contributed by atoms with Crippen LogP contribution in [0.4, 0.5) is 0 Å². The van der Waals surface area contributed by atoms with Gasteiger partial charge >= 0.3 is 0 Å². The number of nitrogens with zero attached hydrogens (tertiary/aromatic N) is 3. The average Bonchev–Trinajstić information content (AvgIpc) is 3.56. The second-order valence-electron chi connectivity index (χ2n) is 11.0. The molecule has 3 nitrogen and oxygen atoms in total. The highest BCUT2D eigenvalue weighted by Gasteiger charge is 2.51. The van der Waals surface area contributed by atoms with Gasteiger partial charge in [-0.05, 0) is 68.8 Å². The monoisotopic (exact) mass is 545 g/mol. The van der Waals surface area contributed by atoms with Crippen molar-refractivity contribution in [3.8, 4) is 56.4 Å². The van der Waals surface area contributed by atoms with Gasteiger partial charge in [-0.3, -0.25) is 0 Å². The van der Waals surface area contributed by atoms with E-state index in [0.29, 0.717) is 17.5 Å². The second kappa shape index (κ2) is 9.08. The maximum absolute atomic E-state index is 5.00. The number of benzene rings is 5. The summed E-state index contributed by atoms with van der Waals surface area (Å²) in [5.41, 5.74) is 12.8. The summed E-state index contributed by atoms with van der Waals surface area (Å²) in [4.78, 5) is 14.8. The Hall–Kier alpha value is -5.85. The van der Waals surface area contributed by atoms with Gasteiger partial charge < -0.3 is 0 Å². The van der Waals surface area contributed by atoms with Crippen LogP contribution in [-0.2, 0) is 5.41 Å². The molecule has 0 aliphatic heterocycles. The van der Waals surface area contributed by atoms with Crippen molar-refractivity contribution in [3.05, 3.63) is 174 Å². The maximum Gasteiger partial charge on any atom is 0.164 e. The number of rotatable bonds is 3. The molecule has 198 valence electrons. The predicted molar refractivity (Wildman–Crippen MR) is 170 cm³/mol. The molecule has 2 aliphatic rings. The number of hydrogen-bond acceptors (Lipinski definition) is 3. The van der Waals surface area contributed by atoms with Crippen molar-refractivity contribution in [1.29, 1.82) is 0 Å². The fraction of sp³-hybridized carbons (Fsp3) is 0.0250. The fourth-order valence-electron chi connectivity index (χ4n) is 7.08. The Morgan fingerprint density at radius 2 is 0.907 bits per heavy atom. The van der Waals surface area contributed by atoms with E-state index in [2.05, 4.69) is 103 Å². The standard InChI is InChI=1S/C40H23N3/c1-3-13-26(14-4-1)37-41-38(27-15-5-2-6-16-27)43-39(42-37)28-23-24-36-32(25-28)31-19-9-12-22-35(31)40(36)33-20-10-7-17-29(33)30-18-8-11-21-34(30)40/h1,3-5,7-25H. The lowest BCUT2D eigenvalue weighted by molar-refractivity contribution is 0.794. The van der Waals surface area contributed by atoms with Crippen LogP contribution >= 0.6 is 0 Å². The van der Waals surface area contributed by atoms with Crippen molar-refractivity contribution in [2.45, 2.75) is 5.41 Å². The van der Waals surface area contributed by atoms with Crippen molar-refractivity contribution in [2.24, 2.45) is 0 Å². The summed E-state index contributed by atoms with van der Waals surface area (Å²) in [7, 11) is 0. The smallest absolute Gasteiger partial charge is 0.164 e. The third-order valence-corrected chi connectivity index (χ3v) is 8.84. The normalized spacial score (nSPS) is 13.1. The molecule has 0 atom stereocenters. The summed E-state index contributed by atoms with van der Waals surface area (Å²) >= 11 is 0.